The monoisotopic (exact) mass is 219 g/mol. The first-order chi connectivity index (χ1) is 7.74. The smallest absolute Gasteiger partial charge is 0.161 e. The molecule has 2 rings (SSSR count). The molecule has 1 saturated carbocycles. The zero-order chi connectivity index (χ0) is 11.6. The number of nitrogens with zero attached hydrogens (tertiary/aromatic N) is 1. The van der Waals surface area contributed by atoms with E-state index in [2.05, 4.69) is 18.4 Å². The van der Waals surface area contributed by atoms with Gasteiger partial charge in [-0.3, -0.25) is 4.79 Å². The average molecular weight is 219 g/mol. The summed E-state index contributed by atoms with van der Waals surface area (Å²) in [5.74, 6) is 0.697. The summed E-state index contributed by atoms with van der Waals surface area (Å²) < 4.78 is 2.14. The molecule has 0 spiro atoms. The Labute approximate surface area is 97.7 Å². The zero-order valence-corrected chi connectivity index (χ0v) is 10.3. The van der Waals surface area contributed by atoms with Crippen molar-refractivity contribution in [2.24, 2.45) is 5.92 Å². The van der Waals surface area contributed by atoms with Crippen LogP contribution in [-0.4, -0.2) is 10.4 Å². The Morgan fingerprint density at radius 3 is 2.19 bits per heavy atom. The van der Waals surface area contributed by atoms with Crippen LogP contribution in [0.2, 0.25) is 0 Å². The molecular weight excluding hydrogens is 198 g/mol. The van der Waals surface area contributed by atoms with Crippen LogP contribution in [0.5, 0.6) is 0 Å². The summed E-state index contributed by atoms with van der Waals surface area (Å²) in [6, 6.07) is 4.03. The van der Waals surface area contributed by atoms with Crippen LogP contribution in [0, 0.1) is 5.92 Å². The molecule has 1 aliphatic carbocycles. The van der Waals surface area contributed by atoms with Gasteiger partial charge in [-0.05, 0) is 44.2 Å². The lowest BCUT2D eigenvalue weighted by Crippen LogP contribution is -2.49. The lowest BCUT2D eigenvalue weighted by molar-refractivity contribution is -0.136. The van der Waals surface area contributed by atoms with Gasteiger partial charge in [-0.15, -0.1) is 0 Å². The first-order valence-electron chi connectivity index (χ1n) is 6.42. The third kappa shape index (κ3) is 1.60. The van der Waals surface area contributed by atoms with Crippen molar-refractivity contribution in [1.82, 2.24) is 4.57 Å². The second-order valence-electron chi connectivity index (χ2n) is 4.85. The minimum Gasteiger partial charge on any atom is -0.341 e. The quantitative estimate of drug-likeness (QED) is 0.744. The highest BCUT2D eigenvalue weighted by atomic mass is 16.1. The van der Waals surface area contributed by atoms with Gasteiger partial charge in [0.15, 0.2) is 5.78 Å². The van der Waals surface area contributed by atoms with Gasteiger partial charge in [0.25, 0.3) is 0 Å². The minimum atomic E-state index is -0.194. The Bertz CT molecular complexity index is 345. The van der Waals surface area contributed by atoms with Crippen molar-refractivity contribution >= 4 is 5.78 Å². The number of Topliss-reactive ketones (excluding diaryl/α,β-unsaturated/α-hetero) is 1. The lowest BCUT2D eigenvalue weighted by atomic mass is 9.69. The molecule has 2 nitrogen and oxygen atoms in total. The Hall–Kier alpha value is -1.05. The number of carbonyl (C=O) groups is 1. The van der Waals surface area contributed by atoms with Gasteiger partial charge in [0.1, 0.15) is 5.54 Å². The Balaban J connectivity index is 2.25. The second kappa shape index (κ2) is 4.44. The van der Waals surface area contributed by atoms with E-state index < -0.39 is 0 Å². The Morgan fingerprint density at radius 1 is 1.25 bits per heavy atom. The largest absolute Gasteiger partial charge is 0.341 e. The lowest BCUT2D eigenvalue weighted by Gasteiger charge is -2.43. The fourth-order valence-corrected chi connectivity index (χ4v) is 2.80. The van der Waals surface area contributed by atoms with Crippen molar-refractivity contribution in [3.63, 3.8) is 0 Å². The van der Waals surface area contributed by atoms with Gasteiger partial charge < -0.3 is 4.57 Å². The second-order valence-corrected chi connectivity index (χ2v) is 4.85. The van der Waals surface area contributed by atoms with Crippen molar-refractivity contribution in [2.45, 2.75) is 51.5 Å². The molecule has 0 radical (unpaired) electrons. The minimum absolute atomic E-state index is 0.194. The van der Waals surface area contributed by atoms with Gasteiger partial charge in [0.2, 0.25) is 0 Å². The number of hydrogen-bond acceptors (Lipinski definition) is 1. The average Bonchev–Trinajstić information content (AvgIpc) is 2.72. The van der Waals surface area contributed by atoms with Crippen LogP contribution in [-0.2, 0) is 10.3 Å². The molecule has 0 aliphatic heterocycles. The van der Waals surface area contributed by atoms with E-state index in [0.29, 0.717) is 5.78 Å². The van der Waals surface area contributed by atoms with Gasteiger partial charge in [0.05, 0.1) is 0 Å². The predicted molar refractivity (Wildman–Crippen MR) is 65.3 cm³/mol. The fourth-order valence-electron chi connectivity index (χ4n) is 2.80. The van der Waals surface area contributed by atoms with Crippen LogP contribution in [0.4, 0.5) is 0 Å². The number of rotatable bonds is 5. The molecule has 0 N–H and O–H groups in total. The molecule has 2 heteroatoms. The topological polar surface area (TPSA) is 22.0 Å². The summed E-state index contributed by atoms with van der Waals surface area (Å²) in [6.45, 7) is 4.24. The van der Waals surface area contributed by atoms with Crippen molar-refractivity contribution in [1.29, 1.82) is 0 Å². The molecule has 1 heterocycles. The molecule has 0 saturated heterocycles. The molecule has 1 aromatic heterocycles. The zero-order valence-electron chi connectivity index (χ0n) is 10.3. The van der Waals surface area contributed by atoms with Crippen LogP contribution < -0.4 is 0 Å². The predicted octanol–water partition coefficient (Wildman–Crippen LogP) is 3.37. The van der Waals surface area contributed by atoms with E-state index in [-0.39, 0.29) is 11.5 Å². The molecule has 88 valence electrons. The number of carbonyl (C=O) groups excluding carboxylic acids is 1. The Kier molecular flexibility index (Phi) is 3.17. The summed E-state index contributed by atoms with van der Waals surface area (Å²) in [5.41, 5.74) is -0.194. The SMILES string of the molecule is CCC(CC)C(=O)C1(n2cccc2)CCC1. The van der Waals surface area contributed by atoms with E-state index >= 15 is 0 Å². The van der Waals surface area contributed by atoms with Crippen molar-refractivity contribution < 1.29 is 4.79 Å². The van der Waals surface area contributed by atoms with E-state index in [1.165, 1.54) is 6.42 Å². The van der Waals surface area contributed by atoms with Crippen molar-refractivity contribution in [3.05, 3.63) is 24.5 Å². The van der Waals surface area contributed by atoms with E-state index in [1.807, 2.05) is 24.5 Å². The molecular formula is C14H21NO. The molecule has 16 heavy (non-hydrogen) atoms. The van der Waals surface area contributed by atoms with Gasteiger partial charge in [-0.1, -0.05) is 13.8 Å². The van der Waals surface area contributed by atoms with Crippen LogP contribution in [0.25, 0.3) is 0 Å². The van der Waals surface area contributed by atoms with Gasteiger partial charge in [0, 0.05) is 18.3 Å². The summed E-state index contributed by atoms with van der Waals surface area (Å²) in [7, 11) is 0. The summed E-state index contributed by atoms with van der Waals surface area (Å²) in [5, 5.41) is 0. The Morgan fingerprint density at radius 2 is 1.81 bits per heavy atom. The molecule has 0 amide bonds. The van der Waals surface area contributed by atoms with Crippen LogP contribution in [0.3, 0.4) is 0 Å². The molecule has 0 aromatic carbocycles. The highest BCUT2D eigenvalue weighted by molar-refractivity contribution is 5.89. The molecule has 1 aliphatic rings. The maximum atomic E-state index is 12.6. The van der Waals surface area contributed by atoms with E-state index in [9.17, 15) is 4.79 Å². The van der Waals surface area contributed by atoms with Crippen LogP contribution >= 0.6 is 0 Å². The standard InChI is InChI=1S/C14H21NO/c1-3-12(4-2)13(16)14(8-7-9-14)15-10-5-6-11-15/h5-6,10-12H,3-4,7-9H2,1-2H3. The van der Waals surface area contributed by atoms with Crippen LogP contribution in [0.15, 0.2) is 24.5 Å². The van der Waals surface area contributed by atoms with Crippen LogP contribution in [0.1, 0.15) is 46.0 Å². The van der Waals surface area contributed by atoms with E-state index in [1.54, 1.807) is 0 Å². The molecule has 0 atom stereocenters. The molecule has 0 bridgehead atoms. The van der Waals surface area contributed by atoms with Gasteiger partial charge in [-0.2, -0.15) is 0 Å². The highest BCUT2D eigenvalue weighted by Gasteiger charge is 2.46. The number of aromatic nitrogens is 1. The van der Waals surface area contributed by atoms with Crippen molar-refractivity contribution in [3.8, 4) is 0 Å². The highest BCUT2D eigenvalue weighted by Crippen LogP contribution is 2.42. The normalized spacial score (nSPS) is 18.4. The van der Waals surface area contributed by atoms with Gasteiger partial charge in [-0.25, -0.2) is 0 Å². The maximum Gasteiger partial charge on any atom is 0.161 e. The van der Waals surface area contributed by atoms with Gasteiger partial charge >= 0.3 is 0 Å². The maximum absolute atomic E-state index is 12.6. The molecule has 1 aromatic rings. The van der Waals surface area contributed by atoms with E-state index in [0.717, 1.165) is 25.7 Å². The molecule has 1 fully saturated rings. The third-order valence-electron chi connectivity index (χ3n) is 4.09. The summed E-state index contributed by atoms with van der Waals surface area (Å²) in [4.78, 5) is 12.6. The fraction of sp³-hybridized carbons (Fsp3) is 0.643. The first-order valence-corrected chi connectivity index (χ1v) is 6.42. The van der Waals surface area contributed by atoms with E-state index in [4.69, 9.17) is 0 Å². The summed E-state index contributed by atoms with van der Waals surface area (Å²) >= 11 is 0. The number of ketones is 1. The third-order valence-corrected chi connectivity index (χ3v) is 4.09. The first kappa shape index (κ1) is 11.4. The summed E-state index contributed by atoms with van der Waals surface area (Å²) in [6.07, 6.45) is 9.26. The number of hydrogen-bond donors (Lipinski definition) is 0. The van der Waals surface area contributed by atoms with Crippen molar-refractivity contribution in [2.75, 3.05) is 0 Å². The molecule has 0 unspecified atom stereocenters.